The van der Waals surface area contributed by atoms with Crippen molar-refractivity contribution in [2.45, 2.75) is 25.2 Å². The van der Waals surface area contributed by atoms with Gasteiger partial charge in [-0.15, -0.1) is 11.3 Å². The van der Waals surface area contributed by atoms with Crippen molar-refractivity contribution < 1.29 is 18.3 Å². The maximum atomic E-state index is 12.3. The summed E-state index contributed by atoms with van der Waals surface area (Å²) >= 11 is 1.06. The second-order valence-electron chi connectivity index (χ2n) is 4.59. The fourth-order valence-electron chi connectivity index (χ4n) is 1.76. The van der Waals surface area contributed by atoms with Gasteiger partial charge in [0.25, 0.3) is 10.0 Å². The van der Waals surface area contributed by atoms with Crippen molar-refractivity contribution in [3.63, 3.8) is 0 Å². The number of hydrogen-bond donors (Lipinski definition) is 2. The zero-order chi connectivity index (χ0) is 15.6. The molecule has 112 valence electrons. The third kappa shape index (κ3) is 3.79. The van der Waals surface area contributed by atoms with Crippen LogP contribution in [-0.2, 0) is 21.2 Å². The van der Waals surface area contributed by atoms with Gasteiger partial charge in [-0.25, -0.2) is 13.4 Å². The molecule has 0 aliphatic carbocycles. The van der Waals surface area contributed by atoms with Gasteiger partial charge in [0.15, 0.2) is 5.13 Å². The third-order valence-corrected chi connectivity index (χ3v) is 5.16. The van der Waals surface area contributed by atoms with Gasteiger partial charge in [-0.3, -0.25) is 9.52 Å². The molecule has 0 amide bonds. The molecular formula is C13H14N2O4S2. The van der Waals surface area contributed by atoms with Crippen molar-refractivity contribution in [1.82, 2.24) is 4.98 Å². The first-order valence-corrected chi connectivity index (χ1v) is 8.40. The lowest BCUT2D eigenvalue weighted by Gasteiger charge is -2.09. The summed E-state index contributed by atoms with van der Waals surface area (Å²) in [4.78, 5) is 14.7. The molecular weight excluding hydrogens is 312 g/mol. The summed E-state index contributed by atoms with van der Waals surface area (Å²) in [6.45, 7) is 3.53. The summed E-state index contributed by atoms with van der Waals surface area (Å²) in [7, 11) is -3.73. The highest BCUT2D eigenvalue weighted by Crippen LogP contribution is 2.23. The number of sulfonamides is 1. The lowest BCUT2D eigenvalue weighted by molar-refractivity contribution is -0.136. The molecule has 0 atom stereocenters. The molecule has 0 spiro atoms. The molecule has 0 unspecified atom stereocenters. The van der Waals surface area contributed by atoms with E-state index >= 15 is 0 Å². The van der Waals surface area contributed by atoms with Crippen LogP contribution in [0.25, 0.3) is 0 Å². The van der Waals surface area contributed by atoms with E-state index in [1.54, 1.807) is 19.1 Å². The summed E-state index contributed by atoms with van der Waals surface area (Å²) in [5.41, 5.74) is 1.80. The van der Waals surface area contributed by atoms with E-state index in [2.05, 4.69) is 9.71 Å². The SMILES string of the molecule is Cc1ccc(C)c(S(=O)(=O)Nc2nc(CC(=O)O)cs2)c1. The molecule has 0 aliphatic rings. The number of nitrogens with zero attached hydrogens (tertiary/aromatic N) is 1. The van der Waals surface area contributed by atoms with Gasteiger partial charge in [0.2, 0.25) is 0 Å². The van der Waals surface area contributed by atoms with Gasteiger partial charge in [0, 0.05) is 5.38 Å². The molecule has 0 saturated heterocycles. The zero-order valence-electron chi connectivity index (χ0n) is 11.5. The van der Waals surface area contributed by atoms with Crippen LogP contribution in [0.2, 0.25) is 0 Å². The molecule has 8 heteroatoms. The van der Waals surface area contributed by atoms with E-state index in [9.17, 15) is 13.2 Å². The van der Waals surface area contributed by atoms with Crippen molar-refractivity contribution in [3.05, 3.63) is 40.4 Å². The molecule has 2 N–H and O–H groups in total. The number of nitrogens with one attached hydrogen (secondary N) is 1. The number of carboxylic acid groups (broad SMARTS) is 1. The Kier molecular flexibility index (Phi) is 4.29. The van der Waals surface area contributed by atoms with Crippen LogP contribution in [-0.4, -0.2) is 24.5 Å². The number of aliphatic carboxylic acids is 1. The Morgan fingerprint density at radius 3 is 2.76 bits per heavy atom. The molecule has 0 bridgehead atoms. The van der Waals surface area contributed by atoms with Gasteiger partial charge in [-0.1, -0.05) is 12.1 Å². The predicted molar refractivity (Wildman–Crippen MR) is 80.2 cm³/mol. The fourth-order valence-corrected chi connectivity index (χ4v) is 4.05. The second-order valence-corrected chi connectivity index (χ2v) is 7.10. The molecule has 21 heavy (non-hydrogen) atoms. The lowest BCUT2D eigenvalue weighted by atomic mass is 10.2. The van der Waals surface area contributed by atoms with Crippen LogP contribution >= 0.6 is 11.3 Å². The predicted octanol–water partition coefficient (Wildman–Crippen LogP) is 2.19. The van der Waals surface area contributed by atoms with E-state index in [4.69, 9.17) is 5.11 Å². The van der Waals surface area contributed by atoms with Crippen LogP contribution < -0.4 is 4.72 Å². The summed E-state index contributed by atoms with van der Waals surface area (Å²) in [6.07, 6.45) is -0.234. The van der Waals surface area contributed by atoms with Crippen LogP contribution in [0.1, 0.15) is 16.8 Å². The Balaban J connectivity index is 2.27. The number of carboxylic acids is 1. The highest BCUT2D eigenvalue weighted by molar-refractivity contribution is 7.93. The van der Waals surface area contributed by atoms with E-state index in [1.807, 2.05) is 13.0 Å². The smallest absolute Gasteiger partial charge is 0.309 e. The average molecular weight is 326 g/mol. The van der Waals surface area contributed by atoms with E-state index in [0.717, 1.165) is 16.9 Å². The normalized spacial score (nSPS) is 11.3. The highest BCUT2D eigenvalue weighted by atomic mass is 32.2. The molecule has 1 aromatic carbocycles. The Labute approximate surface area is 126 Å². The molecule has 0 radical (unpaired) electrons. The Hall–Kier alpha value is -1.93. The number of carbonyl (C=O) groups is 1. The summed E-state index contributed by atoms with van der Waals surface area (Å²) in [5, 5.41) is 10.4. The largest absolute Gasteiger partial charge is 0.481 e. The van der Waals surface area contributed by atoms with Crippen molar-refractivity contribution in [1.29, 1.82) is 0 Å². The maximum Gasteiger partial charge on any atom is 0.309 e. The molecule has 0 fully saturated rings. The van der Waals surface area contributed by atoms with E-state index < -0.39 is 16.0 Å². The summed E-state index contributed by atoms with van der Waals surface area (Å²) < 4.78 is 27.1. The minimum atomic E-state index is -3.73. The van der Waals surface area contributed by atoms with Crippen LogP contribution in [0.5, 0.6) is 0 Å². The molecule has 1 aromatic heterocycles. The molecule has 0 aliphatic heterocycles. The van der Waals surface area contributed by atoms with Crippen LogP contribution in [0.3, 0.4) is 0 Å². The Morgan fingerprint density at radius 1 is 1.38 bits per heavy atom. The quantitative estimate of drug-likeness (QED) is 0.878. The van der Waals surface area contributed by atoms with Crippen LogP contribution in [0.4, 0.5) is 5.13 Å². The third-order valence-electron chi connectivity index (χ3n) is 2.74. The van der Waals surface area contributed by atoms with E-state index in [0.29, 0.717) is 11.3 Å². The van der Waals surface area contributed by atoms with Crippen molar-refractivity contribution in [2.75, 3.05) is 4.72 Å². The second kappa shape index (κ2) is 5.82. The van der Waals surface area contributed by atoms with Crippen molar-refractivity contribution >= 4 is 32.5 Å². The van der Waals surface area contributed by atoms with Gasteiger partial charge < -0.3 is 5.11 Å². The van der Waals surface area contributed by atoms with Gasteiger partial charge in [-0.2, -0.15) is 0 Å². The van der Waals surface area contributed by atoms with E-state index in [1.165, 1.54) is 5.38 Å². The van der Waals surface area contributed by atoms with E-state index in [-0.39, 0.29) is 16.4 Å². The number of rotatable bonds is 5. The first-order chi connectivity index (χ1) is 9.78. The van der Waals surface area contributed by atoms with Crippen LogP contribution in [0, 0.1) is 13.8 Å². The molecule has 0 saturated carbocycles. The lowest BCUT2D eigenvalue weighted by Crippen LogP contribution is -2.14. The van der Waals surface area contributed by atoms with Crippen LogP contribution in [0.15, 0.2) is 28.5 Å². The topological polar surface area (TPSA) is 96.4 Å². The van der Waals surface area contributed by atoms with Crippen molar-refractivity contribution in [3.8, 4) is 0 Å². The molecule has 6 nitrogen and oxygen atoms in total. The Morgan fingerprint density at radius 2 is 2.10 bits per heavy atom. The summed E-state index contributed by atoms with van der Waals surface area (Å²) in [6, 6.07) is 5.16. The molecule has 1 heterocycles. The number of anilines is 1. The molecule has 2 aromatic rings. The number of benzene rings is 1. The van der Waals surface area contributed by atoms with Gasteiger partial charge in [-0.05, 0) is 31.0 Å². The summed E-state index contributed by atoms with van der Waals surface area (Å²) in [5.74, 6) is -1.01. The molecule has 2 rings (SSSR count). The average Bonchev–Trinajstić information content (AvgIpc) is 2.77. The highest BCUT2D eigenvalue weighted by Gasteiger charge is 2.19. The number of aromatic nitrogens is 1. The zero-order valence-corrected chi connectivity index (χ0v) is 13.1. The maximum absolute atomic E-state index is 12.3. The Bertz CT molecular complexity index is 781. The van der Waals surface area contributed by atoms with Crippen molar-refractivity contribution in [2.24, 2.45) is 0 Å². The monoisotopic (exact) mass is 326 g/mol. The number of aryl methyl sites for hydroxylation is 2. The van der Waals surface area contributed by atoms with Gasteiger partial charge in [0.05, 0.1) is 17.0 Å². The number of hydrogen-bond acceptors (Lipinski definition) is 5. The van der Waals surface area contributed by atoms with Gasteiger partial charge in [0.1, 0.15) is 0 Å². The van der Waals surface area contributed by atoms with Gasteiger partial charge >= 0.3 is 5.97 Å². The first kappa shape index (κ1) is 15.5. The minimum absolute atomic E-state index is 0.159. The minimum Gasteiger partial charge on any atom is -0.481 e. The first-order valence-electron chi connectivity index (χ1n) is 6.04. The standard InChI is InChI=1S/C13H14N2O4S2/c1-8-3-4-9(2)11(5-8)21(18,19)15-13-14-10(7-20-13)6-12(16)17/h3-5,7H,6H2,1-2H3,(H,14,15)(H,16,17). The number of thiazole rings is 1. The fraction of sp³-hybridized carbons (Fsp3) is 0.231.